The normalized spacial score (nSPS) is 19.2. The minimum Gasteiger partial charge on any atom is -0.492 e. The van der Waals surface area contributed by atoms with Crippen molar-refractivity contribution >= 4 is 17.9 Å². The molecule has 6 N–H and O–H groups in total. The van der Waals surface area contributed by atoms with E-state index in [-0.39, 0.29) is 38.2 Å². The Morgan fingerprint density at radius 1 is 0.893 bits per heavy atom. The summed E-state index contributed by atoms with van der Waals surface area (Å²) in [6.45, 7) is 9.25. The van der Waals surface area contributed by atoms with Gasteiger partial charge >= 0.3 is 6.09 Å². The molecule has 5 unspecified atom stereocenters. The number of nitrogens with one attached hydrogen (secondary N) is 3. The second-order valence-corrected chi connectivity index (χ2v) is 15.6. The number of alkyl carbamates (subject to hydrolysis) is 1. The first-order chi connectivity index (χ1) is 26.9. The third-order valence-electron chi connectivity index (χ3n) is 10.1. The quantitative estimate of drug-likeness (QED) is 0.113. The van der Waals surface area contributed by atoms with Crippen molar-refractivity contribution in [1.82, 2.24) is 20.9 Å². The molecule has 0 aromatic heterocycles. The summed E-state index contributed by atoms with van der Waals surface area (Å²) in [5, 5.41) is 41.2. The number of morpholine rings is 1. The molecule has 3 aromatic carbocycles. The molecule has 3 aromatic rings. The molecular formula is C43H58N4O9. The van der Waals surface area contributed by atoms with Crippen molar-refractivity contribution in [3.05, 3.63) is 101 Å². The Kier molecular flexibility index (Phi) is 15.7. The van der Waals surface area contributed by atoms with Gasteiger partial charge in [0.25, 0.3) is 0 Å². The van der Waals surface area contributed by atoms with E-state index in [1.54, 1.807) is 20.8 Å². The van der Waals surface area contributed by atoms with Crippen LogP contribution in [0.2, 0.25) is 0 Å². The van der Waals surface area contributed by atoms with E-state index in [0.29, 0.717) is 18.8 Å². The second-order valence-electron chi connectivity index (χ2n) is 15.6. The molecule has 13 nitrogen and oxygen atoms in total. The van der Waals surface area contributed by atoms with Crippen molar-refractivity contribution in [1.29, 1.82) is 0 Å². The van der Waals surface area contributed by atoms with Gasteiger partial charge in [-0.2, -0.15) is 0 Å². The average Bonchev–Trinajstić information content (AvgIpc) is 3.48. The number of rotatable bonds is 18. The van der Waals surface area contributed by atoms with Gasteiger partial charge < -0.3 is 45.5 Å². The van der Waals surface area contributed by atoms with Gasteiger partial charge in [0.1, 0.15) is 24.0 Å². The number of ether oxygens (including phenoxy) is 3. The van der Waals surface area contributed by atoms with E-state index >= 15 is 0 Å². The predicted molar refractivity (Wildman–Crippen MR) is 211 cm³/mol. The average molecular weight is 775 g/mol. The highest BCUT2D eigenvalue weighted by atomic mass is 16.6. The highest BCUT2D eigenvalue weighted by molar-refractivity contribution is 5.86. The summed E-state index contributed by atoms with van der Waals surface area (Å²) in [4.78, 5) is 42.8. The van der Waals surface area contributed by atoms with Gasteiger partial charge in [-0.3, -0.25) is 14.5 Å². The fourth-order valence-corrected chi connectivity index (χ4v) is 7.16. The maximum atomic E-state index is 14.2. The number of amides is 3. The number of carbonyl (C=O) groups is 3. The number of aliphatic hydroxyl groups excluding tert-OH is 3. The number of carbonyl (C=O) groups excluding carboxylic acids is 3. The topological polar surface area (TPSA) is 179 Å². The van der Waals surface area contributed by atoms with Crippen molar-refractivity contribution in [2.75, 3.05) is 46.1 Å². The summed E-state index contributed by atoms with van der Waals surface area (Å²) in [7, 11) is 0. The van der Waals surface area contributed by atoms with E-state index < -0.39 is 53.9 Å². The molecule has 0 bridgehead atoms. The first-order valence-electron chi connectivity index (χ1n) is 19.6. The molecule has 6 atom stereocenters. The van der Waals surface area contributed by atoms with Crippen LogP contribution in [0.25, 0.3) is 0 Å². The Labute approximate surface area is 329 Å². The zero-order chi connectivity index (χ0) is 40.1. The highest BCUT2D eigenvalue weighted by Crippen LogP contribution is 2.32. The van der Waals surface area contributed by atoms with Crippen molar-refractivity contribution in [2.24, 2.45) is 5.92 Å². The first kappa shape index (κ1) is 42.6. The Balaban J connectivity index is 1.33. The van der Waals surface area contributed by atoms with Gasteiger partial charge in [0.2, 0.25) is 11.8 Å². The van der Waals surface area contributed by atoms with Crippen LogP contribution in [-0.2, 0) is 38.3 Å². The zero-order valence-corrected chi connectivity index (χ0v) is 32.7. The van der Waals surface area contributed by atoms with Gasteiger partial charge in [-0.1, -0.05) is 66.7 Å². The molecule has 2 aliphatic rings. The van der Waals surface area contributed by atoms with Gasteiger partial charge in [-0.15, -0.1) is 0 Å². The lowest BCUT2D eigenvalue weighted by Gasteiger charge is -2.30. The molecule has 1 fully saturated rings. The Hall–Kier alpha value is -4.53. The number of hydrogen-bond donors (Lipinski definition) is 6. The van der Waals surface area contributed by atoms with E-state index in [1.165, 1.54) is 0 Å². The monoisotopic (exact) mass is 774 g/mol. The molecular weight excluding hydrogens is 716 g/mol. The van der Waals surface area contributed by atoms with Gasteiger partial charge in [-0.05, 0) is 80.8 Å². The largest absolute Gasteiger partial charge is 0.492 e. The van der Waals surface area contributed by atoms with Gasteiger partial charge in [-0.25, -0.2) is 4.79 Å². The summed E-state index contributed by atoms with van der Waals surface area (Å²) >= 11 is 0. The summed E-state index contributed by atoms with van der Waals surface area (Å²) in [6, 6.07) is 21.9. The smallest absolute Gasteiger partial charge is 0.408 e. The van der Waals surface area contributed by atoms with Crippen LogP contribution in [-0.4, -0.2) is 114 Å². The van der Waals surface area contributed by atoms with Crippen LogP contribution in [0.15, 0.2) is 78.9 Å². The number of benzene rings is 3. The Morgan fingerprint density at radius 2 is 1.57 bits per heavy atom. The summed E-state index contributed by atoms with van der Waals surface area (Å²) in [5.74, 6) is -1.01. The van der Waals surface area contributed by atoms with E-state index in [9.17, 15) is 29.7 Å². The maximum absolute atomic E-state index is 14.2. The summed E-state index contributed by atoms with van der Waals surface area (Å²) < 4.78 is 16.8. The molecule has 5 rings (SSSR count). The first-order valence-corrected chi connectivity index (χ1v) is 19.6. The molecule has 0 saturated carbocycles. The molecule has 0 spiro atoms. The Morgan fingerprint density at radius 3 is 2.27 bits per heavy atom. The third kappa shape index (κ3) is 13.0. The molecule has 13 heteroatoms. The Bertz CT molecular complexity index is 1700. The number of aliphatic hydroxyl groups is 3. The molecule has 1 heterocycles. The van der Waals surface area contributed by atoms with Gasteiger partial charge in [0.15, 0.2) is 0 Å². The van der Waals surface area contributed by atoms with Crippen LogP contribution in [0.5, 0.6) is 5.75 Å². The maximum Gasteiger partial charge on any atom is 0.408 e. The summed E-state index contributed by atoms with van der Waals surface area (Å²) in [5.41, 5.74) is 2.70. The van der Waals surface area contributed by atoms with E-state index in [2.05, 4.69) is 20.9 Å². The zero-order valence-electron chi connectivity index (χ0n) is 32.7. The van der Waals surface area contributed by atoms with Crippen LogP contribution in [0.4, 0.5) is 4.79 Å². The summed E-state index contributed by atoms with van der Waals surface area (Å²) in [6.07, 6.45) is -2.03. The van der Waals surface area contributed by atoms with E-state index in [1.807, 2.05) is 78.9 Å². The lowest BCUT2D eigenvalue weighted by molar-refractivity contribution is -0.128. The van der Waals surface area contributed by atoms with Crippen LogP contribution in [0, 0.1) is 5.92 Å². The molecule has 0 radical (unpaired) electrons. The minimum absolute atomic E-state index is 0.0317. The fourth-order valence-electron chi connectivity index (χ4n) is 7.16. The lowest BCUT2D eigenvalue weighted by Crippen LogP contribution is -2.54. The molecule has 1 aliphatic carbocycles. The van der Waals surface area contributed by atoms with Crippen molar-refractivity contribution in [2.45, 2.75) is 88.8 Å². The standard InChI is InChI=1S/C43H58N4O9/c1-43(2,3)56-42(53)45-35(17-21-48)41(52)44-36(26-29-9-5-4-6-10-29)37(49)28-32(40(51)46-39-34-12-8-7-11-31(34)27-38(39)50)25-30-13-15-33(16-14-30)55-24-20-47-18-22-54-23-19-47/h4-16,32,35-39,48-50H,17-28H2,1-3H3,(H,44,52)(H,45,53)(H,46,51)/t32?,35-,36?,37?,38?,39?/m0/s1. The molecule has 3 amide bonds. The predicted octanol–water partition coefficient (Wildman–Crippen LogP) is 3.09. The molecule has 1 saturated heterocycles. The van der Waals surface area contributed by atoms with Crippen LogP contribution < -0.4 is 20.7 Å². The molecule has 56 heavy (non-hydrogen) atoms. The number of nitrogens with zero attached hydrogens (tertiary/aromatic N) is 1. The fraction of sp³-hybridized carbons (Fsp3) is 0.512. The lowest BCUT2D eigenvalue weighted by atomic mass is 9.88. The van der Waals surface area contributed by atoms with Crippen molar-refractivity contribution < 1.29 is 43.9 Å². The van der Waals surface area contributed by atoms with Crippen LogP contribution in [0.3, 0.4) is 0 Å². The van der Waals surface area contributed by atoms with Crippen molar-refractivity contribution in [3.8, 4) is 5.75 Å². The SMILES string of the molecule is CC(C)(C)OC(=O)N[C@@H](CCO)C(=O)NC(Cc1ccccc1)C(O)CC(Cc1ccc(OCCN2CCOCC2)cc1)C(=O)NC1c2ccccc2CC1O. The van der Waals surface area contributed by atoms with Gasteiger partial charge in [0.05, 0.1) is 37.5 Å². The number of hydrogen-bond acceptors (Lipinski definition) is 10. The third-order valence-corrected chi connectivity index (χ3v) is 10.1. The van der Waals surface area contributed by atoms with Crippen LogP contribution >= 0.6 is 0 Å². The van der Waals surface area contributed by atoms with E-state index in [4.69, 9.17) is 14.2 Å². The van der Waals surface area contributed by atoms with Crippen LogP contribution in [0.1, 0.15) is 61.9 Å². The molecule has 1 aliphatic heterocycles. The van der Waals surface area contributed by atoms with Crippen molar-refractivity contribution in [3.63, 3.8) is 0 Å². The van der Waals surface area contributed by atoms with Gasteiger partial charge in [0, 0.05) is 38.6 Å². The second kappa shape index (κ2) is 20.6. The number of fused-ring (bicyclic) bond motifs is 1. The highest BCUT2D eigenvalue weighted by Gasteiger charge is 2.36. The van der Waals surface area contributed by atoms with E-state index in [0.717, 1.165) is 55.1 Å². The molecule has 304 valence electrons. The minimum atomic E-state index is -1.21.